The fourth-order valence-corrected chi connectivity index (χ4v) is 2.51. The first-order valence-corrected chi connectivity index (χ1v) is 7.59. The molecule has 7 nitrogen and oxygen atoms in total. The minimum Gasteiger partial charge on any atom is -0.347 e. The number of carbonyl (C=O) groups is 1. The van der Waals surface area contributed by atoms with Crippen LogP contribution in [-0.2, 0) is 11.3 Å². The third kappa shape index (κ3) is 3.47. The minimum atomic E-state index is 0.00936. The molecule has 2 aromatic rings. The van der Waals surface area contributed by atoms with Gasteiger partial charge in [0, 0.05) is 12.1 Å². The van der Waals surface area contributed by atoms with Crippen molar-refractivity contribution in [2.24, 2.45) is 5.92 Å². The van der Waals surface area contributed by atoms with Crippen LogP contribution in [0.3, 0.4) is 0 Å². The first-order chi connectivity index (χ1) is 10.6. The molecule has 1 atom stereocenters. The molecule has 22 heavy (non-hydrogen) atoms. The Kier molecular flexibility index (Phi) is 4.13. The average molecular weight is 300 g/mol. The molecule has 1 aliphatic rings. The Morgan fingerprint density at radius 1 is 1.41 bits per heavy atom. The summed E-state index contributed by atoms with van der Waals surface area (Å²) in [5, 5.41) is 14.4. The van der Waals surface area contributed by atoms with Crippen LogP contribution in [-0.4, -0.2) is 31.1 Å². The second-order valence-electron chi connectivity index (χ2n) is 5.79. The molecule has 0 aromatic carbocycles. The highest BCUT2D eigenvalue weighted by Crippen LogP contribution is 2.40. The van der Waals surface area contributed by atoms with Crippen molar-refractivity contribution < 1.29 is 4.79 Å². The van der Waals surface area contributed by atoms with Crippen LogP contribution in [0.5, 0.6) is 0 Å². The van der Waals surface area contributed by atoms with Gasteiger partial charge in [-0.05, 0) is 55.2 Å². The largest absolute Gasteiger partial charge is 0.347 e. The fraction of sp³-hybridized carbons (Fsp3) is 0.533. The van der Waals surface area contributed by atoms with Crippen LogP contribution >= 0.6 is 0 Å². The SMILES string of the molecule is Cc1cccc([C@H](NC(=O)CCn2nnnc2C)C2CC2)n1. The van der Waals surface area contributed by atoms with Crippen molar-refractivity contribution in [3.8, 4) is 0 Å². The zero-order chi connectivity index (χ0) is 15.5. The van der Waals surface area contributed by atoms with Crippen molar-refractivity contribution in [3.63, 3.8) is 0 Å². The predicted molar refractivity (Wildman–Crippen MR) is 79.8 cm³/mol. The Morgan fingerprint density at radius 3 is 2.86 bits per heavy atom. The van der Waals surface area contributed by atoms with E-state index >= 15 is 0 Å². The average Bonchev–Trinajstić information content (AvgIpc) is 3.25. The number of tetrazole rings is 1. The van der Waals surface area contributed by atoms with Gasteiger partial charge in [0.15, 0.2) is 0 Å². The molecule has 2 aromatic heterocycles. The Hall–Kier alpha value is -2.31. The van der Waals surface area contributed by atoms with E-state index in [-0.39, 0.29) is 11.9 Å². The van der Waals surface area contributed by atoms with E-state index in [1.165, 1.54) is 0 Å². The summed E-state index contributed by atoms with van der Waals surface area (Å²) in [6.45, 7) is 4.28. The Balaban J connectivity index is 1.61. The summed E-state index contributed by atoms with van der Waals surface area (Å²) in [4.78, 5) is 16.8. The molecular weight excluding hydrogens is 280 g/mol. The summed E-state index contributed by atoms with van der Waals surface area (Å²) < 4.78 is 1.64. The van der Waals surface area contributed by atoms with E-state index in [2.05, 4.69) is 25.8 Å². The standard InChI is InChI=1S/C15H20N6O/c1-10-4-3-5-13(16-10)15(12-6-7-12)17-14(22)8-9-21-11(2)18-19-20-21/h3-5,12,15H,6-9H2,1-2H3,(H,17,22)/t15-/m1/s1. The number of carbonyl (C=O) groups excluding carboxylic acids is 1. The number of hydrogen-bond donors (Lipinski definition) is 1. The normalized spacial score (nSPS) is 15.5. The van der Waals surface area contributed by atoms with Crippen LogP contribution < -0.4 is 5.32 Å². The highest BCUT2D eigenvalue weighted by atomic mass is 16.1. The molecule has 1 aliphatic carbocycles. The molecule has 0 spiro atoms. The maximum atomic E-state index is 12.2. The quantitative estimate of drug-likeness (QED) is 0.870. The molecular formula is C15H20N6O. The molecule has 2 heterocycles. The van der Waals surface area contributed by atoms with Crippen LogP contribution in [0.1, 0.15) is 42.5 Å². The summed E-state index contributed by atoms with van der Waals surface area (Å²) in [5.41, 5.74) is 1.93. The topological polar surface area (TPSA) is 85.6 Å². The van der Waals surface area contributed by atoms with Crippen LogP contribution in [0.2, 0.25) is 0 Å². The first kappa shape index (κ1) is 14.6. The van der Waals surface area contributed by atoms with Crippen LogP contribution in [0.25, 0.3) is 0 Å². The van der Waals surface area contributed by atoms with Gasteiger partial charge in [0.25, 0.3) is 0 Å². The lowest BCUT2D eigenvalue weighted by Crippen LogP contribution is -2.31. The van der Waals surface area contributed by atoms with Gasteiger partial charge in [0.2, 0.25) is 5.91 Å². The van der Waals surface area contributed by atoms with E-state index in [1.807, 2.05) is 32.0 Å². The van der Waals surface area contributed by atoms with E-state index in [0.29, 0.717) is 24.7 Å². The zero-order valence-electron chi connectivity index (χ0n) is 12.9. The molecule has 7 heteroatoms. The van der Waals surface area contributed by atoms with Crippen molar-refractivity contribution in [1.29, 1.82) is 0 Å². The molecule has 0 unspecified atom stereocenters. The molecule has 116 valence electrons. The number of pyridine rings is 1. The Morgan fingerprint density at radius 2 is 2.23 bits per heavy atom. The van der Waals surface area contributed by atoms with Crippen molar-refractivity contribution in [3.05, 3.63) is 35.4 Å². The lowest BCUT2D eigenvalue weighted by molar-refractivity contribution is -0.122. The zero-order valence-corrected chi connectivity index (χ0v) is 12.9. The number of rotatable bonds is 6. The van der Waals surface area contributed by atoms with Gasteiger partial charge in [-0.15, -0.1) is 5.10 Å². The van der Waals surface area contributed by atoms with Gasteiger partial charge in [-0.3, -0.25) is 9.78 Å². The molecule has 0 saturated heterocycles. The summed E-state index contributed by atoms with van der Waals surface area (Å²) in [5.74, 6) is 1.23. The van der Waals surface area contributed by atoms with Crippen LogP contribution in [0.4, 0.5) is 0 Å². The van der Waals surface area contributed by atoms with Crippen LogP contribution in [0.15, 0.2) is 18.2 Å². The van der Waals surface area contributed by atoms with E-state index in [0.717, 1.165) is 24.2 Å². The van der Waals surface area contributed by atoms with Crippen molar-refractivity contribution >= 4 is 5.91 Å². The number of aromatic nitrogens is 5. The molecule has 1 amide bonds. The summed E-state index contributed by atoms with van der Waals surface area (Å²) in [7, 11) is 0. The van der Waals surface area contributed by atoms with Gasteiger partial charge < -0.3 is 5.32 Å². The minimum absolute atomic E-state index is 0.00936. The number of nitrogens with zero attached hydrogens (tertiary/aromatic N) is 5. The lowest BCUT2D eigenvalue weighted by atomic mass is 10.1. The second-order valence-corrected chi connectivity index (χ2v) is 5.79. The van der Waals surface area contributed by atoms with Crippen molar-refractivity contribution in [2.75, 3.05) is 0 Å². The molecule has 1 saturated carbocycles. The molecule has 3 rings (SSSR count). The number of hydrogen-bond acceptors (Lipinski definition) is 5. The summed E-state index contributed by atoms with van der Waals surface area (Å²) >= 11 is 0. The molecule has 1 fully saturated rings. The van der Waals surface area contributed by atoms with E-state index < -0.39 is 0 Å². The van der Waals surface area contributed by atoms with Crippen LogP contribution in [0, 0.1) is 19.8 Å². The van der Waals surface area contributed by atoms with E-state index in [9.17, 15) is 4.79 Å². The lowest BCUT2D eigenvalue weighted by Gasteiger charge is -2.18. The number of nitrogens with one attached hydrogen (secondary N) is 1. The molecule has 0 aliphatic heterocycles. The predicted octanol–water partition coefficient (Wildman–Crippen LogP) is 1.34. The maximum Gasteiger partial charge on any atom is 0.222 e. The second kappa shape index (κ2) is 6.21. The summed E-state index contributed by atoms with van der Waals surface area (Å²) in [6.07, 6.45) is 2.65. The van der Waals surface area contributed by atoms with Gasteiger partial charge in [-0.1, -0.05) is 6.07 Å². The maximum absolute atomic E-state index is 12.2. The van der Waals surface area contributed by atoms with Gasteiger partial charge in [0.05, 0.1) is 18.3 Å². The Labute approximate surface area is 129 Å². The van der Waals surface area contributed by atoms with Crippen molar-refractivity contribution in [2.45, 2.75) is 45.7 Å². The monoisotopic (exact) mass is 300 g/mol. The van der Waals surface area contributed by atoms with E-state index in [4.69, 9.17) is 0 Å². The molecule has 0 bridgehead atoms. The number of amides is 1. The van der Waals surface area contributed by atoms with E-state index in [1.54, 1.807) is 4.68 Å². The third-order valence-electron chi connectivity index (χ3n) is 3.90. The third-order valence-corrected chi connectivity index (χ3v) is 3.90. The smallest absolute Gasteiger partial charge is 0.222 e. The first-order valence-electron chi connectivity index (χ1n) is 7.59. The number of aryl methyl sites for hydroxylation is 3. The molecule has 1 N–H and O–H groups in total. The molecule has 0 radical (unpaired) electrons. The van der Waals surface area contributed by atoms with Crippen molar-refractivity contribution in [1.82, 2.24) is 30.5 Å². The van der Waals surface area contributed by atoms with Gasteiger partial charge in [-0.25, -0.2) is 4.68 Å². The highest BCUT2D eigenvalue weighted by Gasteiger charge is 2.34. The van der Waals surface area contributed by atoms with Gasteiger partial charge in [-0.2, -0.15) is 0 Å². The highest BCUT2D eigenvalue weighted by molar-refractivity contribution is 5.76. The summed E-state index contributed by atoms with van der Waals surface area (Å²) in [6, 6.07) is 5.96. The fourth-order valence-electron chi connectivity index (χ4n) is 2.51. The van der Waals surface area contributed by atoms with Gasteiger partial charge in [0.1, 0.15) is 5.82 Å². The Bertz CT molecular complexity index is 664. The van der Waals surface area contributed by atoms with Gasteiger partial charge >= 0.3 is 0 Å².